The predicted molar refractivity (Wildman–Crippen MR) is 154 cm³/mol. The van der Waals surface area contributed by atoms with Gasteiger partial charge in [0.2, 0.25) is 0 Å². The van der Waals surface area contributed by atoms with Crippen molar-refractivity contribution in [1.29, 1.82) is 0 Å². The molecule has 4 rings (SSSR count). The van der Waals surface area contributed by atoms with Gasteiger partial charge in [0.1, 0.15) is 17.5 Å². The lowest BCUT2D eigenvalue weighted by molar-refractivity contribution is 0.00552. The number of hydrogen-bond donors (Lipinski definition) is 0. The minimum absolute atomic E-state index is 0.0880. The largest absolute Gasteiger partial charge is 0.494 e. The molecule has 0 aromatic heterocycles. The maximum atomic E-state index is 14.2. The zero-order valence-corrected chi connectivity index (χ0v) is 24.7. The van der Waals surface area contributed by atoms with Crippen LogP contribution in [0.4, 0.5) is 9.18 Å². The van der Waals surface area contributed by atoms with Gasteiger partial charge in [-0.15, -0.1) is 0 Å². The highest BCUT2D eigenvalue weighted by Crippen LogP contribution is 2.41. The lowest BCUT2D eigenvalue weighted by Crippen LogP contribution is -2.45. The lowest BCUT2D eigenvalue weighted by Gasteiger charge is -2.38. The Labute approximate surface area is 241 Å². The SMILES string of the molecule is COC(=O)c1cc(C)cc(C2C[C@H](CN(C(=O)OC(C)(C)C)[C@H](C)c3ccc(F)c(OC)c3)Oc3ccccc32)c1. The van der Waals surface area contributed by atoms with Crippen molar-refractivity contribution in [3.05, 3.63) is 94.3 Å². The molecule has 218 valence electrons. The van der Waals surface area contributed by atoms with E-state index in [0.717, 1.165) is 22.4 Å². The Bertz CT molecular complexity index is 1420. The molecule has 0 N–H and O–H groups in total. The first-order chi connectivity index (χ1) is 19.4. The number of nitrogens with zero attached hydrogens (tertiary/aromatic N) is 1. The molecule has 1 unspecified atom stereocenters. The van der Waals surface area contributed by atoms with Gasteiger partial charge in [0.05, 0.1) is 32.4 Å². The number of methoxy groups -OCH3 is 2. The fourth-order valence-corrected chi connectivity index (χ4v) is 5.22. The third-order valence-corrected chi connectivity index (χ3v) is 7.16. The topological polar surface area (TPSA) is 74.3 Å². The molecule has 3 aromatic carbocycles. The molecular weight excluding hydrogens is 525 g/mol. The fraction of sp³-hybridized carbons (Fsp3) is 0.394. The fourth-order valence-electron chi connectivity index (χ4n) is 5.22. The number of ether oxygens (including phenoxy) is 4. The van der Waals surface area contributed by atoms with Gasteiger partial charge >= 0.3 is 12.1 Å². The van der Waals surface area contributed by atoms with Crippen LogP contribution in [0.25, 0.3) is 0 Å². The Morgan fingerprint density at radius 1 is 1.07 bits per heavy atom. The Morgan fingerprint density at radius 2 is 1.80 bits per heavy atom. The van der Waals surface area contributed by atoms with Crippen molar-refractivity contribution in [2.45, 2.75) is 64.7 Å². The van der Waals surface area contributed by atoms with Gasteiger partial charge < -0.3 is 18.9 Å². The Hall–Kier alpha value is -4.07. The van der Waals surface area contributed by atoms with Crippen molar-refractivity contribution < 1.29 is 32.9 Å². The van der Waals surface area contributed by atoms with E-state index in [4.69, 9.17) is 18.9 Å². The molecule has 1 heterocycles. The molecule has 0 spiro atoms. The zero-order valence-electron chi connectivity index (χ0n) is 24.7. The van der Waals surface area contributed by atoms with Crippen molar-refractivity contribution in [2.75, 3.05) is 20.8 Å². The number of hydrogen-bond acceptors (Lipinski definition) is 6. The summed E-state index contributed by atoms with van der Waals surface area (Å²) in [6, 6.07) is 17.6. The third-order valence-electron chi connectivity index (χ3n) is 7.16. The van der Waals surface area contributed by atoms with E-state index >= 15 is 0 Å². The number of carbonyl (C=O) groups excluding carboxylic acids is 2. The highest BCUT2D eigenvalue weighted by atomic mass is 19.1. The van der Waals surface area contributed by atoms with E-state index in [9.17, 15) is 14.0 Å². The average molecular weight is 564 g/mol. The highest BCUT2D eigenvalue weighted by molar-refractivity contribution is 5.89. The van der Waals surface area contributed by atoms with E-state index in [-0.39, 0.29) is 18.2 Å². The van der Waals surface area contributed by atoms with Gasteiger partial charge in [-0.3, -0.25) is 4.90 Å². The second-order valence-corrected chi connectivity index (χ2v) is 11.4. The first-order valence-electron chi connectivity index (χ1n) is 13.7. The number of halogens is 1. The minimum Gasteiger partial charge on any atom is -0.494 e. The number of esters is 1. The van der Waals surface area contributed by atoms with Crippen molar-refractivity contribution in [1.82, 2.24) is 4.90 Å². The summed E-state index contributed by atoms with van der Waals surface area (Å²) >= 11 is 0. The van der Waals surface area contributed by atoms with Gasteiger partial charge in [-0.1, -0.05) is 30.3 Å². The summed E-state index contributed by atoms with van der Waals surface area (Å²) in [5, 5.41) is 0. The van der Waals surface area contributed by atoms with Crippen LogP contribution < -0.4 is 9.47 Å². The maximum absolute atomic E-state index is 14.2. The van der Waals surface area contributed by atoms with E-state index in [1.54, 1.807) is 23.1 Å². The lowest BCUT2D eigenvalue weighted by atomic mass is 9.82. The van der Waals surface area contributed by atoms with Crippen LogP contribution in [0.15, 0.2) is 60.7 Å². The van der Waals surface area contributed by atoms with Gasteiger partial charge in [-0.05, 0) is 88.1 Å². The summed E-state index contributed by atoms with van der Waals surface area (Å²) in [7, 11) is 2.77. The molecule has 0 radical (unpaired) electrons. The third kappa shape index (κ3) is 6.99. The molecule has 1 amide bonds. The molecule has 7 nitrogen and oxygen atoms in total. The van der Waals surface area contributed by atoms with E-state index in [2.05, 4.69) is 6.07 Å². The second kappa shape index (κ2) is 12.2. The van der Waals surface area contributed by atoms with Gasteiger partial charge in [-0.2, -0.15) is 0 Å². The average Bonchev–Trinajstić information content (AvgIpc) is 2.93. The summed E-state index contributed by atoms with van der Waals surface area (Å²) < 4.78 is 36.6. The number of rotatable bonds is 7. The van der Waals surface area contributed by atoms with E-state index < -0.39 is 35.6 Å². The van der Waals surface area contributed by atoms with Gasteiger partial charge in [0, 0.05) is 11.5 Å². The molecular formula is C33H38FNO6. The van der Waals surface area contributed by atoms with Crippen LogP contribution in [0.2, 0.25) is 0 Å². The molecule has 3 atom stereocenters. The number of aryl methyl sites for hydroxylation is 1. The van der Waals surface area contributed by atoms with Crippen molar-refractivity contribution >= 4 is 12.1 Å². The maximum Gasteiger partial charge on any atom is 0.410 e. The number of para-hydroxylation sites is 1. The molecule has 0 saturated carbocycles. The van der Waals surface area contributed by atoms with Crippen molar-refractivity contribution in [3.8, 4) is 11.5 Å². The quantitative estimate of drug-likeness (QED) is 0.283. The van der Waals surface area contributed by atoms with Crippen molar-refractivity contribution in [2.24, 2.45) is 0 Å². The molecule has 3 aromatic rings. The van der Waals surface area contributed by atoms with E-state index in [1.807, 2.05) is 65.0 Å². The van der Waals surface area contributed by atoms with Gasteiger partial charge in [0.25, 0.3) is 0 Å². The number of benzene rings is 3. The normalized spacial score (nSPS) is 17.1. The van der Waals surface area contributed by atoms with Crippen LogP contribution in [-0.4, -0.2) is 49.4 Å². The summed E-state index contributed by atoms with van der Waals surface area (Å²) in [4.78, 5) is 27.6. The minimum atomic E-state index is -0.718. The molecule has 1 aliphatic heterocycles. The Morgan fingerprint density at radius 3 is 2.49 bits per heavy atom. The number of amides is 1. The van der Waals surface area contributed by atoms with Crippen LogP contribution in [0.3, 0.4) is 0 Å². The number of fused-ring (bicyclic) bond motifs is 1. The first kappa shape index (κ1) is 29.9. The molecule has 0 fully saturated rings. The zero-order chi connectivity index (χ0) is 29.9. The van der Waals surface area contributed by atoms with E-state index in [0.29, 0.717) is 17.5 Å². The summed E-state index contributed by atoms with van der Waals surface area (Å²) in [6.45, 7) is 9.48. The van der Waals surface area contributed by atoms with Gasteiger partial charge in [0.15, 0.2) is 11.6 Å². The van der Waals surface area contributed by atoms with Crippen LogP contribution in [0, 0.1) is 12.7 Å². The molecule has 41 heavy (non-hydrogen) atoms. The molecule has 0 bridgehead atoms. The van der Waals surface area contributed by atoms with Crippen molar-refractivity contribution in [3.63, 3.8) is 0 Å². The number of carbonyl (C=O) groups is 2. The second-order valence-electron chi connectivity index (χ2n) is 11.4. The summed E-state index contributed by atoms with van der Waals surface area (Å²) in [6.07, 6.45) is -0.343. The Balaban J connectivity index is 1.70. The monoisotopic (exact) mass is 563 g/mol. The smallest absolute Gasteiger partial charge is 0.410 e. The summed E-state index contributed by atoms with van der Waals surface area (Å²) in [5.41, 5.74) is 3.37. The Kier molecular flexibility index (Phi) is 8.90. The molecule has 0 saturated heterocycles. The predicted octanol–water partition coefficient (Wildman–Crippen LogP) is 7.21. The van der Waals surface area contributed by atoms with E-state index in [1.165, 1.54) is 20.3 Å². The highest BCUT2D eigenvalue weighted by Gasteiger charge is 2.35. The molecule has 0 aliphatic carbocycles. The molecule has 8 heteroatoms. The molecule has 1 aliphatic rings. The summed E-state index contributed by atoms with van der Waals surface area (Å²) in [5.74, 6) is -0.148. The van der Waals surface area contributed by atoms with Crippen LogP contribution in [0.1, 0.15) is 78.7 Å². The standard InChI is InChI=1S/C33H38FNO6/c1-20-14-23(16-24(15-20)31(36)39-7)27-18-25(40-29-11-9-8-10-26(27)29)19-35(32(37)41-33(3,4)5)21(2)22-12-13-28(34)30(17-22)38-6/h8-17,21,25,27H,18-19H2,1-7H3/t21-,25-,27?/m1/s1. The van der Waals surface area contributed by atoms with Crippen LogP contribution in [-0.2, 0) is 9.47 Å². The van der Waals surface area contributed by atoms with Crippen LogP contribution in [0.5, 0.6) is 11.5 Å². The van der Waals surface area contributed by atoms with Gasteiger partial charge in [-0.25, -0.2) is 14.0 Å². The van der Waals surface area contributed by atoms with Crippen LogP contribution >= 0.6 is 0 Å². The first-order valence-corrected chi connectivity index (χ1v) is 13.7.